The molecule has 0 radical (unpaired) electrons. The lowest BCUT2D eigenvalue weighted by Crippen LogP contribution is -2.40. The van der Waals surface area contributed by atoms with Crippen LogP contribution in [-0.4, -0.2) is 60.4 Å². The number of nitrogens with one attached hydrogen (secondary N) is 1. The van der Waals surface area contributed by atoms with Crippen LogP contribution >= 0.6 is 11.6 Å². The predicted molar refractivity (Wildman–Crippen MR) is 147 cm³/mol. The number of fused-ring (bicyclic) bond motifs is 2. The second-order valence-corrected chi connectivity index (χ2v) is 10.6. The first kappa shape index (κ1) is 26.5. The molecule has 1 fully saturated rings. The molecule has 8 nitrogen and oxygen atoms in total. The molecule has 40 heavy (non-hydrogen) atoms. The van der Waals surface area contributed by atoms with E-state index in [2.05, 4.69) is 20.1 Å². The van der Waals surface area contributed by atoms with E-state index < -0.39 is 12.7 Å². The van der Waals surface area contributed by atoms with Crippen molar-refractivity contribution in [3.63, 3.8) is 0 Å². The minimum Gasteiger partial charge on any atom is -0.456 e. The first-order valence-electron chi connectivity index (χ1n) is 13.1. The predicted octanol–water partition coefficient (Wildman–Crippen LogP) is 6.79. The number of piperidine rings is 1. The summed E-state index contributed by atoms with van der Waals surface area (Å²) in [5.74, 6) is 2.29. The minimum atomic E-state index is -4.14. The number of benzene rings is 2. The van der Waals surface area contributed by atoms with Crippen LogP contribution in [0.3, 0.4) is 0 Å². The second-order valence-electron chi connectivity index (χ2n) is 10.2. The Morgan fingerprint density at radius 2 is 1.88 bits per heavy atom. The maximum atomic E-state index is 12.6. The van der Waals surface area contributed by atoms with Crippen molar-refractivity contribution in [2.24, 2.45) is 5.92 Å². The molecule has 0 saturated carbocycles. The van der Waals surface area contributed by atoms with Crippen molar-refractivity contribution in [2.45, 2.75) is 38.9 Å². The van der Waals surface area contributed by atoms with Gasteiger partial charge in [-0.25, -0.2) is 9.97 Å². The Labute approximate surface area is 233 Å². The number of nitrogens with zero attached hydrogens (tertiary/aromatic N) is 6. The number of H-pyrrole nitrogens is 1. The number of aryl methyl sites for hydroxylation is 2. The van der Waals surface area contributed by atoms with Crippen molar-refractivity contribution >= 4 is 33.7 Å². The maximum absolute atomic E-state index is 12.6. The summed E-state index contributed by atoms with van der Waals surface area (Å²) in [6.45, 7) is 2.71. The topological polar surface area (TPSA) is 84.8 Å². The summed E-state index contributed by atoms with van der Waals surface area (Å²) in [5, 5.41) is 4.83. The molecule has 1 aliphatic heterocycles. The second kappa shape index (κ2) is 10.7. The van der Waals surface area contributed by atoms with Crippen LogP contribution in [0.15, 0.2) is 48.9 Å². The monoisotopic (exact) mass is 569 g/mol. The summed E-state index contributed by atoms with van der Waals surface area (Å²) in [6.07, 6.45) is 3.57. The van der Waals surface area contributed by atoms with Gasteiger partial charge in [0.1, 0.15) is 27.9 Å². The van der Waals surface area contributed by atoms with Gasteiger partial charge in [-0.05, 0) is 69.5 Å². The Balaban J connectivity index is 1.13. The van der Waals surface area contributed by atoms with Crippen LogP contribution in [0.1, 0.15) is 25.1 Å². The van der Waals surface area contributed by atoms with E-state index in [-0.39, 0.29) is 0 Å². The Hall–Kier alpha value is -3.70. The normalized spacial score (nSPS) is 15.3. The van der Waals surface area contributed by atoms with Gasteiger partial charge < -0.3 is 9.72 Å². The van der Waals surface area contributed by atoms with Crippen LogP contribution in [0.25, 0.3) is 33.3 Å². The van der Waals surface area contributed by atoms with Crippen molar-refractivity contribution in [1.82, 2.24) is 34.6 Å². The van der Waals surface area contributed by atoms with E-state index in [0.29, 0.717) is 58.8 Å². The third-order valence-electron chi connectivity index (χ3n) is 7.22. The third-order valence-corrected chi connectivity index (χ3v) is 7.59. The quantitative estimate of drug-likeness (QED) is 0.232. The van der Waals surface area contributed by atoms with Crippen LogP contribution in [-0.2, 0) is 6.54 Å². The summed E-state index contributed by atoms with van der Waals surface area (Å²) in [6, 6.07) is 9.18. The molecule has 12 heteroatoms. The van der Waals surface area contributed by atoms with Gasteiger partial charge in [0.15, 0.2) is 0 Å². The summed E-state index contributed by atoms with van der Waals surface area (Å²) in [5.41, 5.74) is 4.33. The molecule has 1 aliphatic rings. The molecule has 0 bridgehead atoms. The standard InChI is InChI=1S/C28H27ClF3N7O/c1-17-35-21-3-2-20(12-23(21)36-17)40-25-5-4-22-27(26(25)29)37-24(14-33-22)19-13-34-39(15-19)11-8-18-6-9-38(10-7-18)16-28(30,31)32/h2-5,12-15,18H,6-11,16H2,1H3,(H,35,36). The Bertz CT molecular complexity index is 1660. The molecule has 0 amide bonds. The Morgan fingerprint density at radius 3 is 2.67 bits per heavy atom. The Morgan fingerprint density at radius 1 is 1.07 bits per heavy atom. The van der Waals surface area contributed by atoms with Gasteiger partial charge in [0.2, 0.25) is 0 Å². The molecule has 1 saturated heterocycles. The van der Waals surface area contributed by atoms with E-state index in [1.165, 1.54) is 4.90 Å². The highest BCUT2D eigenvalue weighted by Gasteiger charge is 2.32. The number of alkyl halides is 3. The van der Waals surface area contributed by atoms with Crippen molar-refractivity contribution in [3.05, 3.63) is 59.8 Å². The van der Waals surface area contributed by atoms with Gasteiger partial charge in [-0.15, -0.1) is 0 Å². The van der Waals surface area contributed by atoms with Gasteiger partial charge in [0.25, 0.3) is 0 Å². The maximum Gasteiger partial charge on any atom is 0.401 e. The average molecular weight is 570 g/mol. The van der Waals surface area contributed by atoms with Crippen LogP contribution in [0.2, 0.25) is 5.02 Å². The SMILES string of the molecule is Cc1nc2ccc(Oc3ccc4ncc(-c5cnn(CCC6CCN(CC(F)(F)F)CC6)c5)nc4c3Cl)cc2[nH]1. The fourth-order valence-electron chi connectivity index (χ4n) is 5.17. The first-order chi connectivity index (χ1) is 19.2. The highest BCUT2D eigenvalue weighted by molar-refractivity contribution is 6.36. The number of hydrogen-bond acceptors (Lipinski definition) is 6. The summed E-state index contributed by atoms with van der Waals surface area (Å²) in [4.78, 5) is 18.4. The van der Waals surface area contributed by atoms with Crippen molar-refractivity contribution < 1.29 is 17.9 Å². The summed E-state index contributed by atoms with van der Waals surface area (Å²) < 4.78 is 45.8. The lowest BCUT2D eigenvalue weighted by molar-refractivity contribution is -0.148. The molecule has 0 spiro atoms. The van der Waals surface area contributed by atoms with Crippen LogP contribution in [0.4, 0.5) is 13.2 Å². The molecule has 3 aromatic heterocycles. The van der Waals surface area contributed by atoms with E-state index in [1.807, 2.05) is 42.1 Å². The van der Waals surface area contributed by atoms with Gasteiger partial charge in [0, 0.05) is 24.4 Å². The number of hydrogen-bond donors (Lipinski definition) is 1. The van der Waals surface area contributed by atoms with Crippen LogP contribution in [0.5, 0.6) is 11.5 Å². The molecule has 0 atom stereocenters. The van der Waals surface area contributed by atoms with Gasteiger partial charge in [-0.3, -0.25) is 14.6 Å². The molecule has 0 aliphatic carbocycles. The number of halogens is 4. The van der Waals surface area contributed by atoms with E-state index in [9.17, 15) is 13.2 Å². The zero-order valence-electron chi connectivity index (χ0n) is 21.7. The smallest absolute Gasteiger partial charge is 0.401 e. The third kappa shape index (κ3) is 5.90. The minimum absolute atomic E-state index is 0.358. The molecule has 0 unspecified atom stereocenters. The van der Waals surface area contributed by atoms with Crippen LogP contribution in [0, 0.1) is 12.8 Å². The number of likely N-dealkylation sites (tertiary alicyclic amines) is 1. The van der Waals surface area contributed by atoms with E-state index in [4.69, 9.17) is 21.3 Å². The average Bonchev–Trinajstić information content (AvgIpc) is 3.54. The summed E-state index contributed by atoms with van der Waals surface area (Å²) >= 11 is 6.73. The highest BCUT2D eigenvalue weighted by atomic mass is 35.5. The molecule has 1 N–H and O–H groups in total. The molecule has 6 rings (SSSR count). The number of aromatic nitrogens is 6. The fraction of sp³-hybridized carbons (Fsp3) is 0.357. The Kier molecular flexibility index (Phi) is 7.09. The lowest BCUT2D eigenvalue weighted by Gasteiger charge is -2.32. The first-order valence-corrected chi connectivity index (χ1v) is 13.5. The number of imidazole rings is 1. The number of aromatic amines is 1. The molecule has 2 aromatic carbocycles. The van der Waals surface area contributed by atoms with Gasteiger partial charge in [-0.1, -0.05) is 11.6 Å². The molecular formula is C28H27ClF3N7O. The van der Waals surface area contributed by atoms with Crippen molar-refractivity contribution in [3.8, 4) is 22.8 Å². The van der Waals surface area contributed by atoms with Crippen LogP contribution < -0.4 is 4.74 Å². The number of rotatable bonds is 7. The van der Waals surface area contributed by atoms with E-state index >= 15 is 0 Å². The molecule has 5 aromatic rings. The largest absolute Gasteiger partial charge is 0.456 e. The summed E-state index contributed by atoms with van der Waals surface area (Å²) in [7, 11) is 0. The highest BCUT2D eigenvalue weighted by Crippen LogP contribution is 2.35. The zero-order chi connectivity index (χ0) is 27.9. The van der Waals surface area contributed by atoms with Crippen molar-refractivity contribution in [1.29, 1.82) is 0 Å². The molecule has 4 heterocycles. The fourth-order valence-corrected chi connectivity index (χ4v) is 5.41. The molecule has 208 valence electrons. The lowest BCUT2D eigenvalue weighted by atomic mass is 9.93. The van der Waals surface area contributed by atoms with Gasteiger partial charge in [0.05, 0.1) is 41.2 Å². The van der Waals surface area contributed by atoms with E-state index in [1.54, 1.807) is 18.5 Å². The van der Waals surface area contributed by atoms with E-state index in [0.717, 1.165) is 41.7 Å². The zero-order valence-corrected chi connectivity index (χ0v) is 22.5. The van der Waals surface area contributed by atoms with Gasteiger partial charge >= 0.3 is 6.18 Å². The van der Waals surface area contributed by atoms with Gasteiger partial charge in [-0.2, -0.15) is 18.3 Å². The van der Waals surface area contributed by atoms with Crippen molar-refractivity contribution in [2.75, 3.05) is 19.6 Å². The number of ether oxygens (including phenoxy) is 1. The molecular weight excluding hydrogens is 543 g/mol.